The van der Waals surface area contributed by atoms with Crippen LogP contribution in [0.2, 0.25) is 0 Å². The third-order valence-corrected chi connectivity index (χ3v) is 7.60. The Bertz CT molecular complexity index is 1060. The summed E-state index contributed by atoms with van der Waals surface area (Å²) in [5.41, 5.74) is 4.54. The summed E-state index contributed by atoms with van der Waals surface area (Å²) in [4.78, 5) is 8.79. The number of hydrogen-bond acceptors (Lipinski definition) is 8. The van der Waals surface area contributed by atoms with Gasteiger partial charge < -0.3 is 16.2 Å². The molecule has 2 aromatic rings. The van der Waals surface area contributed by atoms with Crippen LogP contribution in [0.3, 0.4) is 0 Å². The van der Waals surface area contributed by atoms with Crippen molar-refractivity contribution in [3.05, 3.63) is 28.3 Å². The molecule has 0 aromatic carbocycles. The van der Waals surface area contributed by atoms with Gasteiger partial charge in [-0.25, -0.2) is 22.7 Å². The van der Waals surface area contributed by atoms with Gasteiger partial charge in [0.15, 0.2) is 0 Å². The Kier molecular flexibility index (Phi) is 6.63. The summed E-state index contributed by atoms with van der Waals surface area (Å²) >= 11 is 1.05. The standard InChI is InChI=1S/C18H24F3N5O3S2/c1-9-8-26(31(3,28)29)5-4-13(9)24-17-23-7-12(18(19,20)21)15(25-17)14-6-11(16(22)27)10(2)30-14/h6-7,9,13,16,27H,4-5,8,22H2,1-3H3,(H,23,24,25)/t9-,13+,16?/m1/s1. The molecule has 0 bridgehead atoms. The molecule has 1 aliphatic heterocycles. The molecular weight excluding hydrogens is 455 g/mol. The van der Waals surface area contributed by atoms with Gasteiger partial charge in [-0.1, -0.05) is 6.92 Å². The Morgan fingerprint density at radius 3 is 2.61 bits per heavy atom. The molecule has 31 heavy (non-hydrogen) atoms. The van der Waals surface area contributed by atoms with E-state index in [9.17, 15) is 26.7 Å². The molecule has 13 heteroatoms. The van der Waals surface area contributed by atoms with Crippen LogP contribution in [0.25, 0.3) is 10.6 Å². The second kappa shape index (κ2) is 8.62. The zero-order valence-electron chi connectivity index (χ0n) is 17.1. The number of aromatic nitrogens is 2. The minimum atomic E-state index is -4.67. The first-order chi connectivity index (χ1) is 14.3. The minimum absolute atomic E-state index is 0.0218. The van der Waals surface area contributed by atoms with Crippen LogP contribution < -0.4 is 11.1 Å². The molecule has 4 N–H and O–H groups in total. The Labute approximate surface area is 182 Å². The van der Waals surface area contributed by atoms with E-state index in [-0.39, 0.29) is 28.5 Å². The highest BCUT2D eigenvalue weighted by atomic mass is 32.2. The summed E-state index contributed by atoms with van der Waals surface area (Å²) in [7, 11) is -3.31. The lowest BCUT2D eigenvalue weighted by Crippen LogP contribution is -2.47. The largest absolute Gasteiger partial charge is 0.420 e. The summed E-state index contributed by atoms with van der Waals surface area (Å²) in [6.07, 6.45) is -3.63. The monoisotopic (exact) mass is 479 g/mol. The van der Waals surface area contributed by atoms with E-state index >= 15 is 0 Å². The molecule has 0 radical (unpaired) electrons. The Balaban J connectivity index is 1.92. The first kappa shape index (κ1) is 23.9. The molecule has 0 aliphatic carbocycles. The van der Waals surface area contributed by atoms with Crippen LogP contribution in [0.4, 0.5) is 19.1 Å². The quantitative estimate of drug-likeness (QED) is 0.564. The molecule has 1 unspecified atom stereocenters. The number of sulfonamides is 1. The lowest BCUT2D eigenvalue weighted by atomic mass is 9.95. The number of anilines is 1. The Hall–Kier alpha value is -1.80. The van der Waals surface area contributed by atoms with Gasteiger partial charge in [-0.2, -0.15) is 13.2 Å². The molecule has 0 spiro atoms. The lowest BCUT2D eigenvalue weighted by Gasteiger charge is -2.35. The van der Waals surface area contributed by atoms with Gasteiger partial charge >= 0.3 is 6.18 Å². The van der Waals surface area contributed by atoms with Crippen molar-refractivity contribution in [2.75, 3.05) is 24.7 Å². The fourth-order valence-electron chi connectivity index (χ4n) is 3.54. The van der Waals surface area contributed by atoms with Crippen LogP contribution in [-0.4, -0.2) is 53.2 Å². The summed E-state index contributed by atoms with van der Waals surface area (Å²) in [5, 5.41) is 12.7. The molecule has 3 heterocycles. The van der Waals surface area contributed by atoms with E-state index in [4.69, 9.17) is 5.73 Å². The van der Waals surface area contributed by atoms with Gasteiger partial charge in [-0.15, -0.1) is 11.3 Å². The molecule has 8 nitrogen and oxygen atoms in total. The van der Waals surface area contributed by atoms with Crippen molar-refractivity contribution in [1.29, 1.82) is 0 Å². The molecule has 0 saturated carbocycles. The predicted molar refractivity (Wildman–Crippen MR) is 112 cm³/mol. The van der Waals surface area contributed by atoms with Crippen molar-refractivity contribution < 1.29 is 26.7 Å². The molecule has 1 aliphatic rings. The van der Waals surface area contributed by atoms with E-state index < -0.39 is 28.0 Å². The van der Waals surface area contributed by atoms with Gasteiger partial charge in [0.05, 0.1) is 16.8 Å². The molecule has 1 fully saturated rings. The van der Waals surface area contributed by atoms with Gasteiger partial charge in [0.1, 0.15) is 11.8 Å². The van der Waals surface area contributed by atoms with Gasteiger partial charge in [0.25, 0.3) is 0 Å². The van der Waals surface area contributed by atoms with Crippen molar-refractivity contribution >= 4 is 27.3 Å². The van der Waals surface area contributed by atoms with Crippen LogP contribution in [0.15, 0.2) is 12.3 Å². The Morgan fingerprint density at radius 1 is 1.42 bits per heavy atom. The topological polar surface area (TPSA) is 121 Å². The number of nitrogens with one attached hydrogen (secondary N) is 1. The third-order valence-electron chi connectivity index (χ3n) is 5.25. The SMILES string of the molecule is Cc1sc(-c2nc(N[C@H]3CCN(S(C)(=O)=O)C[C@H]3C)ncc2C(F)(F)F)cc1C(N)O. The van der Waals surface area contributed by atoms with Crippen LogP contribution in [0.1, 0.15) is 35.6 Å². The molecule has 3 atom stereocenters. The zero-order chi connectivity index (χ0) is 23.1. The first-order valence-electron chi connectivity index (χ1n) is 9.47. The van der Waals surface area contributed by atoms with Gasteiger partial charge in [-0.05, 0) is 25.3 Å². The Morgan fingerprint density at radius 2 is 2.10 bits per heavy atom. The third kappa shape index (κ3) is 5.34. The fourth-order valence-corrected chi connectivity index (χ4v) is 5.55. The first-order valence-corrected chi connectivity index (χ1v) is 12.1. The normalized spacial score (nSPS) is 21.8. The van der Waals surface area contributed by atoms with Crippen molar-refractivity contribution in [2.24, 2.45) is 11.7 Å². The van der Waals surface area contributed by atoms with Crippen molar-refractivity contribution in [3.8, 4) is 10.6 Å². The van der Waals surface area contributed by atoms with E-state index in [1.165, 1.54) is 10.4 Å². The number of hydrogen-bond donors (Lipinski definition) is 3. The fraction of sp³-hybridized carbons (Fsp3) is 0.556. The number of nitrogens with zero attached hydrogens (tertiary/aromatic N) is 3. The van der Waals surface area contributed by atoms with E-state index in [0.717, 1.165) is 23.8 Å². The molecule has 1 saturated heterocycles. The van der Waals surface area contributed by atoms with Crippen LogP contribution >= 0.6 is 11.3 Å². The van der Waals surface area contributed by atoms with Gasteiger partial charge in [-0.3, -0.25) is 0 Å². The van der Waals surface area contributed by atoms with Crippen molar-refractivity contribution in [1.82, 2.24) is 14.3 Å². The smallest absolute Gasteiger partial charge is 0.374 e. The average Bonchev–Trinajstić information content (AvgIpc) is 3.03. The average molecular weight is 480 g/mol. The van der Waals surface area contributed by atoms with E-state index in [2.05, 4.69) is 15.3 Å². The maximum atomic E-state index is 13.6. The molecule has 2 aromatic heterocycles. The van der Waals surface area contributed by atoms with Crippen LogP contribution in [-0.2, 0) is 16.2 Å². The van der Waals surface area contributed by atoms with Gasteiger partial charge in [0.2, 0.25) is 16.0 Å². The van der Waals surface area contributed by atoms with Crippen molar-refractivity contribution in [3.63, 3.8) is 0 Å². The number of halogens is 3. The highest BCUT2D eigenvalue weighted by Crippen LogP contribution is 2.40. The number of piperidine rings is 1. The number of rotatable bonds is 5. The summed E-state index contributed by atoms with van der Waals surface area (Å²) in [6.45, 7) is 4.12. The number of aliphatic hydroxyl groups excluding tert-OH is 1. The predicted octanol–water partition coefficient (Wildman–Crippen LogP) is 2.56. The second-order valence-electron chi connectivity index (χ2n) is 7.66. The number of thiophene rings is 1. The summed E-state index contributed by atoms with van der Waals surface area (Å²) < 4.78 is 65.6. The van der Waals surface area contributed by atoms with Crippen molar-refractivity contribution in [2.45, 2.75) is 38.7 Å². The zero-order valence-corrected chi connectivity index (χ0v) is 18.8. The molecule has 172 valence electrons. The maximum absolute atomic E-state index is 13.6. The number of alkyl halides is 3. The molecule has 0 amide bonds. The van der Waals surface area contributed by atoms with E-state index in [1.807, 2.05) is 6.92 Å². The highest BCUT2D eigenvalue weighted by molar-refractivity contribution is 7.88. The van der Waals surface area contributed by atoms with E-state index in [0.29, 0.717) is 30.0 Å². The highest BCUT2D eigenvalue weighted by Gasteiger charge is 2.37. The maximum Gasteiger partial charge on any atom is 0.420 e. The molecular formula is C18H24F3N5O3S2. The number of nitrogens with two attached hydrogens (primary N) is 1. The lowest BCUT2D eigenvalue weighted by molar-refractivity contribution is -0.137. The minimum Gasteiger partial charge on any atom is -0.374 e. The summed E-state index contributed by atoms with van der Waals surface area (Å²) in [6, 6.07) is 1.20. The summed E-state index contributed by atoms with van der Waals surface area (Å²) in [5.74, 6) is -0.0747. The van der Waals surface area contributed by atoms with E-state index in [1.54, 1.807) is 6.92 Å². The second-order valence-corrected chi connectivity index (χ2v) is 10.9. The number of aliphatic hydroxyl groups is 1. The molecule has 3 rings (SSSR count). The van der Waals surface area contributed by atoms with Gasteiger partial charge in [0, 0.05) is 35.8 Å². The van der Waals surface area contributed by atoms with Crippen LogP contribution in [0, 0.1) is 12.8 Å². The number of aryl methyl sites for hydroxylation is 1. The van der Waals surface area contributed by atoms with Crippen LogP contribution in [0.5, 0.6) is 0 Å².